The molecule has 1 fully saturated rings. The third-order valence-corrected chi connectivity index (χ3v) is 4.47. The number of carbonyl (C=O) groups is 2. The van der Waals surface area contributed by atoms with Crippen molar-refractivity contribution >= 4 is 17.9 Å². The maximum Gasteiger partial charge on any atom is 0.414 e. The van der Waals surface area contributed by atoms with Crippen LogP contribution >= 0.6 is 0 Å². The zero-order valence-corrected chi connectivity index (χ0v) is 15.9. The van der Waals surface area contributed by atoms with Gasteiger partial charge in [0.15, 0.2) is 5.82 Å². The number of amides is 2. The third kappa shape index (κ3) is 4.06. The molecule has 156 valence electrons. The van der Waals surface area contributed by atoms with E-state index in [4.69, 9.17) is 4.74 Å². The first kappa shape index (κ1) is 19.4. The van der Waals surface area contributed by atoms with Crippen LogP contribution in [0.4, 0.5) is 19.7 Å². The predicted octanol–water partition coefficient (Wildman–Crippen LogP) is 1.33. The van der Waals surface area contributed by atoms with E-state index in [-0.39, 0.29) is 18.8 Å². The standard InChI is InChI=1S/C18H18FN7O4/c1-29-17(27)21-6-14-9-25(18(28)30-14)13-2-3-16(15(19)4-13)26-8-12(5-22-26)7-24-11-20-10-23-24/h2-5,8,10-11,14H,6-7,9H2,1H3,(H,21,27)/t14-/m0/s1. The molecule has 0 unspecified atom stereocenters. The van der Waals surface area contributed by atoms with E-state index in [2.05, 4.69) is 25.2 Å². The summed E-state index contributed by atoms with van der Waals surface area (Å²) in [5.41, 5.74) is 1.41. The molecule has 4 rings (SSSR count). The lowest BCUT2D eigenvalue weighted by Gasteiger charge is -2.14. The van der Waals surface area contributed by atoms with Gasteiger partial charge in [0.2, 0.25) is 0 Å². The summed E-state index contributed by atoms with van der Waals surface area (Å²) in [4.78, 5) is 28.5. The number of ether oxygens (including phenoxy) is 2. The van der Waals surface area contributed by atoms with E-state index >= 15 is 0 Å². The highest BCUT2D eigenvalue weighted by Gasteiger charge is 2.33. The molecule has 1 saturated heterocycles. The molecule has 12 heteroatoms. The lowest BCUT2D eigenvalue weighted by atomic mass is 10.2. The number of cyclic esters (lactones) is 1. The number of hydrogen-bond acceptors (Lipinski definition) is 7. The van der Waals surface area contributed by atoms with Gasteiger partial charge in [-0.05, 0) is 18.2 Å². The second-order valence-corrected chi connectivity index (χ2v) is 6.51. The molecule has 1 N–H and O–H groups in total. The van der Waals surface area contributed by atoms with Gasteiger partial charge < -0.3 is 14.8 Å². The van der Waals surface area contributed by atoms with Crippen molar-refractivity contribution in [2.45, 2.75) is 12.6 Å². The highest BCUT2D eigenvalue weighted by atomic mass is 19.1. The van der Waals surface area contributed by atoms with Crippen molar-refractivity contribution in [3.8, 4) is 5.69 Å². The van der Waals surface area contributed by atoms with Crippen LogP contribution in [0.25, 0.3) is 5.69 Å². The van der Waals surface area contributed by atoms with Gasteiger partial charge in [0.1, 0.15) is 24.4 Å². The second kappa shape index (κ2) is 8.19. The number of aromatic nitrogens is 5. The van der Waals surface area contributed by atoms with Crippen LogP contribution in [-0.2, 0) is 16.0 Å². The average molecular weight is 415 g/mol. The summed E-state index contributed by atoms with van der Waals surface area (Å²) >= 11 is 0. The Morgan fingerprint density at radius 2 is 2.27 bits per heavy atom. The number of hydrogen-bond donors (Lipinski definition) is 1. The van der Waals surface area contributed by atoms with Crippen molar-refractivity contribution < 1.29 is 23.5 Å². The number of alkyl carbamates (subject to hydrolysis) is 1. The first-order chi connectivity index (χ1) is 14.5. The molecule has 1 atom stereocenters. The van der Waals surface area contributed by atoms with Crippen LogP contribution in [0, 0.1) is 5.82 Å². The molecule has 30 heavy (non-hydrogen) atoms. The first-order valence-electron chi connectivity index (χ1n) is 8.99. The van der Waals surface area contributed by atoms with Crippen LogP contribution in [0.2, 0.25) is 0 Å². The van der Waals surface area contributed by atoms with Crippen molar-refractivity contribution in [3.05, 3.63) is 54.6 Å². The highest BCUT2D eigenvalue weighted by molar-refractivity contribution is 5.90. The molecular weight excluding hydrogens is 397 g/mol. The molecule has 3 aromatic rings. The zero-order valence-electron chi connectivity index (χ0n) is 15.9. The fraction of sp³-hybridized carbons (Fsp3) is 0.278. The molecule has 2 aromatic heterocycles. The van der Waals surface area contributed by atoms with Gasteiger partial charge in [-0.3, -0.25) is 4.90 Å². The lowest BCUT2D eigenvalue weighted by molar-refractivity contribution is 0.132. The summed E-state index contributed by atoms with van der Waals surface area (Å²) in [5.74, 6) is -0.549. The molecule has 1 aromatic carbocycles. The largest absolute Gasteiger partial charge is 0.453 e. The molecule has 11 nitrogen and oxygen atoms in total. The number of methoxy groups -OCH3 is 1. The number of halogens is 1. The molecule has 3 heterocycles. The molecule has 1 aliphatic heterocycles. The van der Waals surface area contributed by atoms with Gasteiger partial charge in [-0.15, -0.1) is 0 Å². The normalized spacial score (nSPS) is 15.9. The Morgan fingerprint density at radius 3 is 3.00 bits per heavy atom. The molecule has 0 radical (unpaired) electrons. The van der Waals surface area contributed by atoms with Crippen molar-refractivity contribution in [3.63, 3.8) is 0 Å². The average Bonchev–Trinajstić information content (AvgIpc) is 3.48. The summed E-state index contributed by atoms with van der Waals surface area (Å²) in [6.07, 6.45) is 4.52. The van der Waals surface area contributed by atoms with Crippen LogP contribution in [0.15, 0.2) is 43.2 Å². The SMILES string of the molecule is COC(=O)NC[C@H]1CN(c2ccc(-n3cc(Cn4cncn4)cn3)c(F)c2)C(=O)O1. The molecule has 2 amide bonds. The molecular formula is C18H18FN7O4. The van der Waals surface area contributed by atoms with Crippen molar-refractivity contribution in [1.29, 1.82) is 0 Å². The Hall–Kier alpha value is -3.96. The summed E-state index contributed by atoms with van der Waals surface area (Å²) in [6.45, 7) is 0.725. The molecule has 0 spiro atoms. The number of carbonyl (C=O) groups excluding carboxylic acids is 2. The van der Waals surface area contributed by atoms with Gasteiger partial charge in [0, 0.05) is 11.8 Å². The van der Waals surface area contributed by atoms with Gasteiger partial charge in [-0.1, -0.05) is 0 Å². The molecule has 1 aliphatic rings. The Labute approximate surface area is 170 Å². The van der Waals surface area contributed by atoms with Crippen LogP contribution in [0.5, 0.6) is 0 Å². The van der Waals surface area contributed by atoms with Gasteiger partial charge in [0.25, 0.3) is 0 Å². The number of benzene rings is 1. The second-order valence-electron chi connectivity index (χ2n) is 6.51. The minimum Gasteiger partial charge on any atom is -0.453 e. The zero-order chi connectivity index (χ0) is 21.1. The maximum atomic E-state index is 14.8. The van der Waals surface area contributed by atoms with Gasteiger partial charge in [-0.25, -0.2) is 28.3 Å². The van der Waals surface area contributed by atoms with E-state index in [1.165, 1.54) is 35.2 Å². The van der Waals surface area contributed by atoms with Crippen molar-refractivity contribution in [2.24, 2.45) is 0 Å². The molecule has 0 aliphatic carbocycles. The fourth-order valence-corrected chi connectivity index (χ4v) is 3.03. The summed E-state index contributed by atoms with van der Waals surface area (Å²) < 4.78 is 27.5. The monoisotopic (exact) mass is 415 g/mol. The Morgan fingerprint density at radius 1 is 1.40 bits per heavy atom. The third-order valence-electron chi connectivity index (χ3n) is 4.47. The number of rotatable bonds is 6. The Bertz CT molecular complexity index is 1050. The van der Waals surface area contributed by atoms with Crippen LogP contribution in [-0.4, -0.2) is 63.0 Å². The topological polar surface area (TPSA) is 116 Å². The number of nitrogens with zero attached hydrogens (tertiary/aromatic N) is 6. The Balaban J connectivity index is 1.45. The highest BCUT2D eigenvalue weighted by Crippen LogP contribution is 2.25. The van der Waals surface area contributed by atoms with Crippen molar-refractivity contribution in [1.82, 2.24) is 29.9 Å². The summed E-state index contributed by atoms with van der Waals surface area (Å²) in [7, 11) is 1.24. The predicted molar refractivity (Wildman–Crippen MR) is 101 cm³/mol. The number of anilines is 1. The lowest BCUT2D eigenvalue weighted by Crippen LogP contribution is -2.34. The molecule has 0 bridgehead atoms. The Kier molecular flexibility index (Phi) is 5.28. The van der Waals surface area contributed by atoms with Crippen LogP contribution in [0.1, 0.15) is 5.56 Å². The van der Waals surface area contributed by atoms with Crippen LogP contribution in [0.3, 0.4) is 0 Å². The maximum absolute atomic E-state index is 14.8. The van der Waals surface area contributed by atoms with E-state index < -0.39 is 24.1 Å². The fourth-order valence-electron chi connectivity index (χ4n) is 3.03. The first-order valence-corrected chi connectivity index (χ1v) is 8.99. The minimum atomic E-state index is -0.623. The van der Waals surface area contributed by atoms with Gasteiger partial charge in [0.05, 0.1) is 38.6 Å². The molecule has 0 saturated carbocycles. The smallest absolute Gasteiger partial charge is 0.414 e. The van der Waals surface area contributed by atoms with Crippen LogP contribution < -0.4 is 10.2 Å². The minimum absolute atomic E-state index is 0.0946. The van der Waals surface area contributed by atoms with E-state index in [0.29, 0.717) is 12.2 Å². The van der Waals surface area contributed by atoms with E-state index in [9.17, 15) is 14.0 Å². The van der Waals surface area contributed by atoms with Gasteiger partial charge in [-0.2, -0.15) is 10.2 Å². The van der Waals surface area contributed by atoms with E-state index in [0.717, 1.165) is 5.56 Å². The quantitative estimate of drug-likeness (QED) is 0.646. The van der Waals surface area contributed by atoms with Crippen molar-refractivity contribution in [2.75, 3.05) is 25.1 Å². The summed E-state index contributed by atoms with van der Waals surface area (Å²) in [5, 5.41) is 10.7. The van der Waals surface area contributed by atoms with E-state index in [1.54, 1.807) is 29.5 Å². The summed E-state index contributed by atoms with van der Waals surface area (Å²) in [6, 6.07) is 4.38. The van der Waals surface area contributed by atoms with E-state index in [1.807, 2.05) is 0 Å². The van der Waals surface area contributed by atoms with Gasteiger partial charge >= 0.3 is 12.2 Å². The number of nitrogens with one attached hydrogen (secondary N) is 1.